The predicted octanol–water partition coefficient (Wildman–Crippen LogP) is 1.87. The molecule has 3 heteroatoms. The highest BCUT2D eigenvalue weighted by molar-refractivity contribution is 5.27. The van der Waals surface area contributed by atoms with Gasteiger partial charge in [0.1, 0.15) is 6.10 Å². The van der Waals surface area contributed by atoms with Crippen molar-refractivity contribution in [2.45, 2.75) is 13.0 Å². The van der Waals surface area contributed by atoms with E-state index in [9.17, 15) is 5.11 Å². The number of rotatable bonds is 2. The highest BCUT2D eigenvalue weighted by Crippen LogP contribution is 2.18. The molecule has 0 fully saturated rings. The molecule has 1 aromatic heterocycles. The minimum atomic E-state index is -0.744. The van der Waals surface area contributed by atoms with E-state index in [-0.39, 0.29) is 0 Å². The van der Waals surface area contributed by atoms with Crippen LogP contribution in [0.4, 0.5) is 0 Å². The predicted molar refractivity (Wildman–Crippen MR) is 57.3 cm³/mol. The van der Waals surface area contributed by atoms with Crippen molar-refractivity contribution in [3.8, 4) is 0 Å². The van der Waals surface area contributed by atoms with Crippen LogP contribution in [-0.4, -0.2) is 15.1 Å². The maximum Gasteiger partial charge on any atom is 0.161 e. The molecule has 0 saturated heterocycles. The van der Waals surface area contributed by atoms with E-state index in [1.54, 1.807) is 18.5 Å². The summed E-state index contributed by atoms with van der Waals surface area (Å²) in [7, 11) is 0. The molecule has 1 unspecified atom stereocenters. The number of aromatic nitrogens is 2. The Hall–Kier alpha value is -1.74. The van der Waals surface area contributed by atoms with E-state index in [1.807, 2.05) is 31.2 Å². The average Bonchev–Trinajstić information content (AvgIpc) is 2.29. The van der Waals surface area contributed by atoms with Gasteiger partial charge >= 0.3 is 0 Å². The minimum absolute atomic E-state index is 0.433. The average molecular weight is 200 g/mol. The highest BCUT2D eigenvalue weighted by Gasteiger charge is 2.12. The molecule has 0 aliphatic carbocycles. The van der Waals surface area contributed by atoms with Crippen LogP contribution in [0.5, 0.6) is 0 Å². The van der Waals surface area contributed by atoms with Gasteiger partial charge in [0.05, 0.1) is 0 Å². The third kappa shape index (κ3) is 2.19. The van der Waals surface area contributed by atoms with Gasteiger partial charge in [0.15, 0.2) is 5.82 Å². The first kappa shape index (κ1) is 9.80. The third-order valence-electron chi connectivity index (χ3n) is 2.19. The second-order valence-corrected chi connectivity index (χ2v) is 3.42. The fourth-order valence-corrected chi connectivity index (χ4v) is 1.44. The Kier molecular flexibility index (Phi) is 2.74. The van der Waals surface area contributed by atoms with Crippen LogP contribution in [0.15, 0.2) is 42.7 Å². The Morgan fingerprint density at radius 3 is 2.53 bits per heavy atom. The Balaban J connectivity index is 2.32. The summed E-state index contributed by atoms with van der Waals surface area (Å²) >= 11 is 0. The lowest BCUT2D eigenvalue weighted by Gasteiger charge is -2.09. The van der Waals surface area contributed by atoms with Gasteiger partial charge in [-0.25, -0.2) is 9.97 Å². The normalized spacial score (nSPS) is 12.4. The van der Waals surface area contributed by atoms with Crippen molar-refractivity contribution < 1.29 is 5.11 Å². The lowest BCUT2D eigenvalue weighted by molar-refractivity contribution is 0.209. The standard InChI is InChI=1S/C12H12N2O/c1-9-4-2-5-10(8-9)11(15)12-13-6-3-7-14-12/h2-8,11,15H,1H3. The first-order valence-electron chi connectivity index (χ1n) is 4.79. The SMILES string of the molecule is Cc1cccc(C(O)c2ncccn2)c1. The number of aliphatic hydroxyl groups is 1. The first-order chi connectivity index (χ1) is 7.27. The van der Waals surface area contributed by atoms with Crippen LogP contribution >= 0.6 is 0 Å². The molecular weight excluding hydrogens is 188 g/mol. The fourth-order valence-electron chi connectivity index (χ4n) is 1.44. The van der Waals surface area contributed by atoms with Crippen molar-refractivity contribution in [1.82, 2.24) is 9.97 Å². The molecule has 0 radical (unpaired) electrons. The van der Waals surface area contributed by atoms with Crippen molar-refractivity contribution in [3.05, 3.63) is 59.7 Å². The summed E-state index contributed by atoms with van der Waals surface area (Å²) in [5.74, 6) is 0.433. The second kappa shape index (κ2) is 4.19. The summed E-state index contributed by atoms with van der Waals surface area (Å²) in [6, 6.07) is 9.43. The maximum atomic E-state index is 9.99. The highest BCUT2D eigenvalue weighted by atomic mass is 16.3. The van der Waals surface area contributed by atoms with Crippen LogP contribution < -0.4 is 0 Å². The van der Waals surface area contributed by atoms with Crippen LogP contribution in [0.25, 0.3) is 0 Å². The second-order valence-electron chi connectivity index (χ2n) is 3.42. The minimum Gasteiger partial charge on any atom is -0.380 e. The van der Waals surface area contributed by atoms with Crippen molar-refractivity contribution in [3.63, 3.8) is 0 Å². The van der Waals surface area contributed by atoms with E-state index in [0.29, 0.717) is 5.82 Å². The number of benzene rings is 1. The van der Waals surface area contributed by atoms with Gasteiger partial charge < -0.3 is 5.11 Å². The smallest absolute Gasteiger partial charge is 0.161 e. The molecule has 76 valence electrons. The molecule has 2 aromatic rings. The van der Waals surface area contributed by atoms with Gasteiger partial charge in [0.25, 0.3) is 0 Å². The topological polar surface area (TPSA) is 46.0 Å². The summed E-state index contributed by atoms with van der Waals surface area (Å²) in [4.78, 5) is 8.05. The fraction of sp³-hybridized carbons (Fsp3) is 0.167. The lowest BCUT2D eigenvalue weighted by atomic mass is 10.1. The van der Waals surface area contributed by atoms with Crippen molar-refractivity contribution >= 4 is 0 Å². The number of aryl methyl sites for hydroxylation is 1. The molecule has 1 N–H and O–H groups in total. The monoisotopic (exact) mass is 200 g/mol. The molecule has 1 heterocycles. The summed E-state index contributed by atoms with van der Waals surface area (Å²) in [6.45, 7) is 1.99. The Labute approximate surface area is 88.5 Å². The summed E-state index contributed by atoms with van der Waals surface area (Å²) in [5, 5.41) is 9.99. The maximum absolute atomic E-state index is 9.99. The molecule has 0 saturated carbocycles. The molecule has 0 aliphatic heterocycles. The number of hydrogen-bond donors (Lipinski definition) is 1. The quantitative estimate of drug-likeness (QED) is 0.804. The zero-order valence-corrected chi connectivity index (χ0v) is 8.46. The van der Waals surface area contributed by atoms with Crippen LogP contribution in [0, 0.1) is 6.92 Å². The molecule has 0 bridgehead atoms. The van der Waals surface area contributed by atoms with Gasteiger partial charge in [-0.1, -0.05) is 29.8 Å². The van der Waals surface area contributed by atoms with Crippen molar-refractivity contribution in [2.24, 2.45) is 0 Å². The zero-order chi connectivity index (χ0) is 10.7. The van der Waals surface area contributed by atoms with Crippen molar-refractivity contribution in [2.75, 3.05) is 0 Å². The van der Waals surface area contributed by atoms with Gasteiger partial charge in [0.2, 0.25) is 0 Å². The third-order valence-corrected chi connectivity index (χ3v) is 2.19. The van der Waals surface area contributed by atoms with E-state index < -0.39 is 6.10 Å². The van der Waals surface area contributed by atoms with E-state index in [0.717, 1.165) is 11.1 Å². The molecule has 0 amide bonds. The Morgan fingerprint density at radius 1 is 1.13 bits per heavy atom. The zero-order valence-electron chi connectivity index (χ0n) is 8.46. The van der Waals surface area contributed by atoms with E-state index >= 15 is 0 Å². The number of hydrogen-bond acceptors (Lipinski definition) is 3. The molecule has 1 aromatic carbocycles. The van der Waals surface area contributed by atoms with Crippen LogP contribution in [-0.2, 0) is 0 Å². The molecule has 15 heavy (non-hydrogen) atoms. The van der Waals surface area contributed by atoms with Gasteiger partial charge in [-0.05, 0) is 18.6 Å². The largest absolute Gasteiger partial charge is 0.380 e. The van der Waals surface area contributed by atoms with E-state index in [1.165, 1.54) is 0 Å². The van der Waals surface area contributed by atoms with Crippen LogP contribution in [0.3, 0.4) is 0 Å². The Morgan fingerprint density at radius 2 is 1.87 bits per heavy atom. The lowest BCUT2D eigenvalue weighted by Crippen LogP contribution is -2.04. The molecule has 0 spiro atoms. The Bertz CT molecular complexity index is 442. The molecular formula is C12H12N2O. The molecule has 2 rings (SSSR count). The molecule has 1 atom stereocenters. The number of nitrogens with zero attached hydrogens (tertiary/aromatic N) is 2. The first-order valence-corrected chi connectivity index (χ1v) is 4.79. The molecule has 0 aliphatic rings. The summed E-state index contributed by atoms with van der Waals surface area (Å²) in [5.41, 5.74) is 1.93. The van der Waals surface area contributed by atoms with E-state index in [4.69, 9.17) is 0 Å². The van der Waals surface area contributed by atoms with Crippen LogP contribution in [0.2, 0.25) is 0 Å². The van der Waals surface area contributed by atoms with Crippen LogP contribution in [0.1, 0.15) is 23.1 Å². The van der Waals surface area contributed by atoms with Gasteiger partial charge in [-0.2, -0.15) is 0 Å². The van der Waals surface area contributed by atoms with Gasteiger partial charge in [0, 0.05) is 12.4 Å². The number of aliphatic hydroxyl groups excluding tert-OH is 1. The molecule has 3 nitrogen and oxygen atoms in total. The van der Waals surface area contributed by atoms with Gasteiger partial charge in [-0.15, -0.1) is 0 Å². The summed E-state index contributed by atoms with van der Waals surface area (Å²) < 4.78 is 0. The van der Waals surface area contributed by atoms with Gasteiger partial charge in [-0.3, -0.25) is 0 Å². The van der Waals surface area contributed by atoms with Crippen molar-refractivity contribution in [1.29, 1.82) is 0 Å². The summed E-state index contributed by atoms with van der Waals surface area (Å²) in [6.07, 6.45) is 2.51. The van der Waals surface area contributed by atoms with E-state index in [2.05, 4.69) is 9.97 Å².